The maximum Gasteiger partial charge on any atom is 0.291 e. The van der Waals surface area contributed by atoms with Gasteiger partial charge in [-0.2, -0.15) is 10.1 Å². The van der Waals surface area contributed by atoms with E-state index >= 15 is 0 Å². The van der Waals surface area contributed by atoms with Gasteiger partial charge >= 0.3 is 0 Å². The van der Waals surface area contributed by atoms with Crippen molar-refractivity contribution in [2.45, 2.75) is 19.8 Å². The Bertz CT molecular complexity index is 851. The number of halogens is 1. The zero-order valence-corrected chi connectivity index (χ0v) is 15.4. The molecule has 2 saturated carbocycles. The Morgan fingerprint density at radius 1 is 1.24 bits per heavy atom. The highest BCUT2D eigenvalue weighted by Crippen LogP contribution is 2.73. The molecule has 7 nitrogen and oxygen atoms in total. The molecular weight excluding hydrogens is 388 g/mol. The number of nitrogens with one attached hydrogen (secondary N) is 1. The first-order valence-electron chi connectivity index (χ1n) is 8.43. The quantitative estimate of drug-likeness (QED) is 0.595. The summed E-state index contributed by atoms with van der Waals surface area (Å²) in [6.45, 7) is 1.82. The van der Waals surface area contributed by atoms with Gasteiger partial charge in [0.1, 0.15) is 0 Å². The van der Waals surface area contributed by atoms with Gasteiger partial charge in [-0.3, -0.25) is 24.5 Å². The van der Waals surface area contributed by atoms with Crippen LogP contribution in [0.1, 0.15) is 29.0 Å². The van der Waals surface area contributed by atoms with Gasteiger partial charge in [-0.15, -0.1) is 0 Å². The molecule has 1 aromatic rings. The molecule has 1 N–H and O–H groups in total. The Hall–Kier alpha value is -1.96. The van der Waals surface area contributed by atoms with Crippen molar-refractivity contribution in [2.75, 3.05) is 0 Å². The summed E-state index contributed by atoms with van der Waals surface area (Å²) < 4.78 is 2.13. The van der Waals surface area contributed by atoms with Crippen molar-refractivity contribution in [1.29, 1.82) is 0 Å². The molecule has 0 radical (unpaired) electrons. The predicted molar refractivity (Wildman–Crippen MR) is 89.7 cm³/mol. The minimum Gasteiger partial charge on any atom is -0.272 e. The number of carbonyl (C=O) groups is 3. The molecule has 2 bridgehead atoms. The number of hydrogen-bond donors (Lipinski definition) is 1. The van der Waals surface area contributed by atoms with Crippen LogP contribution in [0.15, 0.2) is 16.6 Å². The first-order valence-corrected chi connectivity index (χ1v) is 9.22. The smallest absolute Gasteiger partial charge is 0.272 e. The summed E-state index contributed by atoms with van der Waals surface area (Å²) in [5, 5.41) is 5.07. The second kappa shape index (κ2) is 4.60. The normalized spacial score (nSPS) is 33.5. The van der Waals surface area contributed by atoms with Gasteiger partial charge in [0, 0.05) is 7.05 Å². The maximum absolute atomic E-state index is 12.8. The number of imide groups is 1. The molecule has 130 valence electrons. The van der Waals surface area contributed by atoms with Crippen molar-refractivity contribution in [3.63, 3.8) is 0 Å². The Balaban J connectivity index is 1.42. The van der Waals surface area contributed by atoms with Crippen LogP contribution in [0, 0.1) is 36.0 Å². The minimum atomic E-state index is -0.557. The Labute approximate surface area is 152 Å². The molecule has 1 spiro atoms. The molecule has 5 rings (SSSR count). The van der Waals surface area contributed by atoms with Crippen molar-refractivity contribution in [3.05, 3.63) is 28.0 Å². The fourth-order valence-electron chi connectivity index (χ4n) is 5.07. The van der Waals surface area contributed by atoms with E-state index in [1.807, 2.05) is 6.92 Å². The Morgan fingerprint density at radius 2 is 1.80 bits per heavy atom. The summed E-state index contributed by atoms with van der Waals surface area (Å²) in [4.78, 5) is 38.2. The van der Waals surface area contributed by atoms with E-state index in [9.17, 15) is 14.4 Å². The van der Waals surface area contributed by atoms with Crippen LogP contribution in [0.3, 0.4) is 0 Å². The van der Waals surface area contributed by atoms with Crippen molar-refractivity contribution in [3.8, 4) is 0 Å². The molecule has 3 fully saturated rings. The topological polar surface area (TPSA) is 84.3 Å². The third-order valence-electron chi connectivity index (χ3n) is 6.54. The third-order valence-corrected chi connectivity index (χ3v) is 7.49. The average molecular weight is 405 g/mol. The fourth-order valence-corrected chi connectivity index (χ4v) is 5.59. The van der Waals surface area contributed by atoms with Crippen LogP contribution in [-0.2, 0) is 16.6 Å². The van der Waals surface area contributed by atoms with Gasteiger partial charge < -0.3 is 0 Å². The van der Waals surface area contributed by atoms with Crippen LogP contribution in [0.4, 0.5) is 0 Å². The van der Waals surface area contributed by atoms with Crippen LogP contribution >= 0.6 is 15.9 Å². The van der Waals surface area contributed by atoms with Gasteiger partial charge in [0.05, 0.1) is 22.0 Å². The lowest BCUT2D eigenvalue weighted by Gasteiger charge is -2.21. The molecule has 2 heterocycles. The molecule has 1 saturated heterocycles. The highest BCUT2D eigenvalue weighted by molar-refractivity contribution is 9.10. The second-order valence-corrected chi connectivity index (χ2v) is 8.34. The van der Waals surface area contributed by atoms with Gasteiger partial charge in [0.15, 0.2) is 5.69 Å². The standard InChI is InChI=1S/C17H17BrN4O3/c1-7-12(18)13(19-21(7)2)14(23)20-22-15(24)10-8-3-4-9(11(10)16(22)25)17(8)5-6-17/h3-4,8-11H,5-6H2,1-2H3,(H,20,23)/t8-,9+,10-,11+. The molecule has 8 heteroatoms. The number of hydrazine groups is 1. The Kier molecular flexibility index (Phi) is 2.82. The van der Waals surface area contributed by atoms with Gasteiger partial charge in [0.2, 0.25) is 0 Å². The van der Waals surface area contributed by atoms with Gasteiger partial charge in [-0.05, 0) is 52.9 Å². The largest absolute Gasteiger partial charge is 0.291 e. The highest BCUT2D eigenvalue weighted by atomic mass is 79.9. The van der Waals surface area contributed by atoms with Crippen LogP contribution in [-0.4, -0.2) is 32.5 Å². The van der Waals surface area contributed by atoms with Crippen LogP contribution < -0.4 is 5.43 Å². The van der Waals surface area contributed by atoms with E-state index in [4.69, 9.17) is 0 Å². The summed E-state index contributed by atoms with van der Waals surface area (Å²) in [7, 11) is 1.73. The number of aryl methyl sites for hydroxylation is 1. The molecule has 1 aliphatic heterocycles. The van der Waals surface area contributed by atoms with Crippen LogP contribution in [0.5, 0.6) is 0 Å². The molecule has 0 unspecified atom stereocenters. The maximum atomic E-state index is 12.8. The minimum absolute atomic E-state index is 0.143. The lowest BCUT2D eigenvalue weighted by molar-refractivity contribution is -0.144. The van der Waals surface area contributed by atoms with E-state index in [2.05, 4.69) is 38.6 Å². The third kappa shape index (κ3) is 1.71. The number of allylic oxidation sites excluding steroid dienone is 2. The number of nitrogens with zero attached hydrogens (tertiary/aromatic N) is 3. The molecule has 3 aliphatic carbocycles. The highest BCUT2D eigenvalue weighted by Gasteiger charge is 2.73. The number of aromatic nitrogens is 2. The number of carbonyl (C=O) groups excluding carboxylic acids is 3. The van der Waals surface area contributed by atoms with E-state index < -0.39 is 5.91 Å². The molecule has 25 heavy (non-hydrogen) atoms. The van der Waals surface area contributed by atoms with Crippen molar-refractivity contribution in [1.82, 2.24) is 20.2 Å². The lowest BCUT2D eigenvalue weighted by atomic mass is 9.85. The van der Waals surface area contributed by atoms with E-state index in [1.54, 1.807) is 11.7 Å². The van der Waals surface area contributed by atoms with Gasteiger partial charge in [-0.25, -0.2) is 0 Å². The van der Waals surface area contributed by atoms with Crippen molar-refractivity contribution in [2.24, 2.45) is 36.1 Å². The predicted octanol–water partition coefficient (Wildman–Crippen LogP) is 1.33. The van der Waals surface area contributed by atoms with Crippen molar-refractivity contribution >= 4 is 33.7 Å². The first kappa shape index (κ1) is 15.3. The molecule has 3 amide bonds. The number of fused-ring (bicyclic) bond motifs is 3. The number of amides is 3. The average Bonchev–Trinajstić information content (AvgIpc) is 3.11. The summed E-state index contributed by atoms with van der Waals surface area (Å²) in [6.07, 6.45) is 6.40. The molecule has 4 aliphatic rings. The van der Waals surface area contributed by atoms with Crippen LogP contribution in [0.25, 0.3) is 0 Å². The molecule has 0 aromatic carbocycles. The zero-order valence-electron chi connectivity index (χ0n) is 13.8. The number of rotatable bonds is 2. The van der Waals surface area contributed by atoms with E-state index in [0.717, 1.165) is 23.5 Å². The molecule has 4 atom stereocenters. The molecule has 1 aromatic heterocycles. The molecular formula is C17H17BrN4O3. The van der Waals surface area contributed by atoms with Gasteiger partial charge in [-0.1, -0.05) is 12.2 Å². The number of hydrogen-bond acceptors (Lipinski definition) is 4. The van der Waals surface area contributed by atoms with E-state index in [1.165, 1.54) is 0 Å². The van der Waals surface area contributed by atoms with Crippen LogP contribution in [0.2, 0.25) is 0 Å². The Morgan fingerprint density at radius 3 is 2.24 bits per heavy atom. The summed E-state index contributed by atoms with van der Waals surface area (Å²) in [6, 6.07) is 0. The monoisotopic (exact) mass is 404 g/mol. The summed E-state index contributed by atoms with van der Waals surface area (Å²) >= 11 is 3.34. The first-order chi connectivity index (χ1) is 11.9. The van der Waals surface area contributed by atoms with E-state index in [-0.39, 0.29) is 46.6 Å². The SMILES string of the molecule is Cc1c(Br)c(C(=O)NN2C(=O)[C@@H]3[C@H](C2=O)[C@H]2C=C[C@@H]3C23CC3)nn1C. The zero-order chi connectivity index (χ0) is 17.7. The summed E-state index contributed by atoms with van der Waals surface area (Å²) in [5.74, 6) is -1.48. The lowest BCUT2D eigenvalue weighted by Crippen LogP contribution is -2.48. The summed E-state index contributed by atoms with van der Waals surface area (Å²) in [5.41, 5.74) is 3.59. The second-order valence-electron chi connectivity index (χ2n) is 7.55. The van der Waals surface area contributed by atoms with Gasteiger partial charge in [0.25, 0.3) is 17.7 Å². The fraction of sp³-hybridized carbons (Fsp3) is 0.529. The van der Waals surface area contributed by atoms with Crippen molar-refractivity contribution < 1.29 is 14.4 Å². The van der Waals surface area contributed by atoms with E-state index in [0.29, 0.717) is 4.47 Å².